The summed E-state index contributed by atoms with van der Waals surface area (Å²) in [6.07, 6.45) is 8.90. The average molecular weight is 262 g/mol. The maximum atomic E-state index is 9.82. The van der Waals surface area contributed by atoms with Crippen molar-refractivity contribution in [2.24, 2.45) is 35.5 Å². The van der Waals surface area contributed by atoms with Crippen LogP contribution in [0.25, 0.3) is 0 Å². The lowest BCUT2D eigenvalue weighted by molar-refractivity contribution is -0.140. The van der Waals surface area contributed by atoms with Crippen LogP contribution in [0.5, 0.6) is 0 Å². The van der Waals surface area contributed by atoms with Gasteiger partial charge in [0.2, 0.25) is 0 Å². The fourth-order valence-corrected chi connectivity index (χ4v) is 5.55. The summed E-state index contributed by atoms with van der Waals surface area (Å²) in [5, 5.41) is 0. The van der Waals surface area contributed by atoms with Crippen LogP contribution in [0.2, 0.25) is 0 Å². The van der Waals surface area contributed by atoms with Crippen molar-refractivity contribution >= 4 is 5.97 Å². The number of allylic oxidation sites excluding steroid dienone is 2. The third-order valence-corrected chi connectivity index (χ3v) is 5.94. The van der Waals surface area contributed by atoms with Gasteiger partial charge in [-0.05, 0) is 75.0 Å². The van der Waals surface area contributed by atoms with Crippen LogP contribution in [0.15, 0.2) is 11.6 Å². The summed E-state index contributed by atoms with van der Waals surface area (Å²) in [4.78, 5) is 9.82. The molecular formula is C17H26O2. The van der Waals surface area contributed by atoms with Gasteiger partial charge in [-0.2, -0.15) is 0 Å². The molecule has 0 aliphatic heterocycles. The average Bonchev–Trinajstić information content (AvgIpc) is 3.06. The van der Waals surface area contributed by atoms with E-state index in [1.807, 2.05) is 0 Å². The van der Waals surface area contributed by atoms with Gasteiger partial charge in [0.25, 0.3) is 0 Å². The molecule has 0 saturated heterocycles. The summed E-state index contributed by atoms with van der Waals surface area (Å²) in [5.74, 6) is 6.43. The number of ether oxygens (including phenoxy) is 1. The normalized spacial score (nSPS) is 44.5. The largest absolute Gasteiger partial charge is 0.466 e. The summed E-state index contributed by atoms with van der Waals surface area (Å²) in [7, 11) is 0. The van der Waals surface area contributed by atoms with E-state index in [2.05, 4.69) is 17.7 Å². The van der Waals surface area contributed by atoms with Crippen LogP contribution in [0.1, 0.15) is 46.5 Å². The molecule has 0 amide bonds. The molecule has 6 atom stereocenters. The van der Waals surface area contributed by atoms with Gasteiger partial charge in [0.15, 0.2) is 0 Å². The van der Waals surface area contributed by atoms with E-state index in [1.165, 1.54) is 13.3 Å². The van der Waals surface area contributed by atoms with Crippen molar-refractivity contribution in [3.63, 3.8) is 0 Å². The highest BCUT2D eigenvalue weighted by atomic mass is 16.5. The van der Waals surface area contributed by atoms with E-state index in [9.17, 15) is 4.79 Å². The van der Waals surface area contributed by atoms with Crippen LogP contribution < -0.4 is 0 Å². The molecule has 0 spiro atoms. The fourth-order valence-electron chi connectivity index (χ4n) is 5.55. The lowest BCUT2D eigenvalue weighted by atomic mass is 9.71. The highest BCUT2D eigenvalue weighted by molar-refractivity contribution is 5.65. The van der Waals surface area contributed by atoms with E-state index in [4.69, 9.17) is 0 Å². The number of carbonyl (C=O) groups excluding carboxylic acids is 1. The minimum absolute atomic E-state index is 0.211. The second-order valence-electron chi connectivity index (χ2n) is 6.83. The van der Waals surface area contributed by atoms with Crippen LogP contribution in [-0.4, -0.2) is 12.6 Å². The fraction of sp³-hybridized carbons (Fsp3) is 0.824. The van der Waals surface area contributed by atoms with E-state index in [1.54, 1.807) is 31.8 Å². The summed E-state index contributed by atoms with van der Waals surface area (Å²) in [6.45, 7) is 6.03. The molecule has 0 heterocycles. The number of esters is 1. The molecule has 2 nitrogen and oxygen atoms in total. The van der Waals surface area contributed by atoms with Crippen LogP contribution in [0, 0.1) is 35.5 Å². The van der Waals surface area contributed by atoms with Gasteiger partial charge in [0, 0.05) is 6.92 Å². The molecule has 0 aromatic heterocycles. The van der Waals surface area contributed by atoms with Crippen molar-refractivity contribution in [2.45, 2.75) is 46.5 Å². The molecule has 0 radical (unpaired) electrons. The van der Waals surface area contributed by atoms with E-state index in [-0.39, 0.29) is 5.97 Å². The minimum Gasteiger partial charge on any atom is -0.466 e. The third-order valence-electron chi connectivity index (χ3n) is 5.94. The van der Waals surface area contributed by atoms with Gasteiger partial charge < -0.3 is 4.74 Å². The Labute approximate surface area is 116 Å². The van der Waals surface area contributed by atoms with Crippen molar-refractivity contribution in [1.29, 1.82) is 0 Å². The monoisotopic (exact) mass is 262 g/mol. The molecule has 3 fully saturated rings. The molecule has 0 N–H and O–H groups in total. The quantitative estimate of drug-likeness (QED) is 0.408. The molecule has 19 heavy (non-hydrogen) atoms. The standard InChI is InChI=1S/C13H18.C4H8O2/c1-7-4-10-6-11(7)13-9-3-2-8(5-9)12(10)13;1-3-6-4(2)5/h4,8-13H,2-3,5-6H2,1H3;3H2,1-2H3. The molecule has 4 rings (SSSR count). The molecule has 0 aromatic carbocycles. The first-order valence-corrected chi connectivity index (χ1v) is 7.93. The first-order valence-electron chi connectivity index (χ1n) is 7.93. The molecular weight excluding hydrogens is 236 g/mol. The topological polar surface area (TPSA) is 26.3 Å². The smallest absolute Gasteiger partial charge is 0.302 e. The van der Waals surface area contributed by atoms with Crippen molar-refractivity contribution in [3.8, 4) is 0 Å². The minimum atomic E-state index is -0.211. The van der Waals surface area contributed by atoms with Gasteiger partial charge in [-0.25, -0.2) is 0 Å². The van der Waals surface area contributed by atoms with E-state index in [0.717, 1.165) is 35.5 Å². The Bertz CT molecular complexity index is 398. The number of fused-ring (bicyclic) bond motifs is 9. The summed E-state index contributed by atoms with van der Waals surface area (Å²) in [6, 6.07) is 0. The lowest BCUT2D eigenvalue weighted by Crippen LogP contribution is -2.27. The third kappa shape index (κ3) is 2.13. The Morgan fingerprint density at radius 3 is 2.53 bits per heavy atom. The first kappa shape index (κ1) is 13.2. The Kier molecular flexibility index (Phi) is 3.44. The summed E-state index contributed by atoms with van der Waals surface area (Å²) in [5.41, 5.74) is 1.75. The van der Waals surface area contributed by atoms with Gasteiger partial charge in [0.1, 0.15) is 0 Å². The van der Waals surface area contributed by atoms with E-state index >= 15 is 0 Å². The van der Waals surface area contributed by atoms with Gasteiger partial charge in [-0.15, -0.1) is 0 Å². The summed E-state index contributed by atoms with van der Waals surface area (Å²) < 4.78 is 4.40. The number of rotatable bonds is 1. The number of carbonyl (C=O) groups is 1. The van der Waals surface area contributed by atoms with Crippen molar-refractivity contribution in [3.05, 3.63) is 11.6 Å². The second kappa shape index (κ2) is 4.96. The molecule has 4 aliphatic carbocycles. The van der Waals surface area contributed by atoms with Gasteiger partial charge in [-0.1, -0.05) is 11.6 Å². The zero-order valence-corrected chi connectivity index (χ0v) is 12.4. The molecule has 3 saturated carbocycles. The highest BCUT2D eigenvalue weighted by Gasteiger charge is 2.58. The zero-order chi connectivity index (χ0) is 13.6. The molecule has 106 valence electrons. The predicted molar refractivity (Wildman–Crippen MR) is 75.5 cm³/mol. The van der Waals surface area contributed by atoms with Gasteiger partial charge >= 0.3 is 5.97 Å². The van der Waals surface area contributed by atoms with Crippen LogP contribution >= 0.6 is 0 Å². The molecule has 0 aromatic rings. The molecule has 6 unspecified atom stereocenters. The van der Waals surface area contributed by atoms with Gasteiger partial charge in [-0.3, -0.25) is 4.79 Å². The Morgan fingerprint density at radius 2 is 1.95 bits per heavy atom. The first-order chi connectivity index (χ1) is 9.11. The van der Waals surface area contributed by atoms with Crippen molar-refractivity contribution in [2.75, 3.05) is 6.61 Å². The number of hydrogen-bond acceptors (Lipinski definition) is 2. The van der Waals surface area contributed by atoms with Gasteiger partial charge in [0.05, 0.1) is 6.61 Å². The molecule has 2 heteroatoms. The maximum absolute atomic E-state index is 9.82. The summed E-state index contributed by atoms with van der Waals surface area (Å²) >= 11 is 0. The van der Waals surface area contributed by atoms with Crippen molar-refractivity contribution < 1.29 is 9.53 Å². The zero-order valence-electron chi connectivity index (χ0n) is 12.4. The van der Waals surface area contributed by atoms with Crippen LogP contribution in [-0.2, 0) is 9.53 Å². The molecule has 4 bridgehead atoms. The predicted octanol–water partition coefficient (Wildman–Crippen LogP) is 3.81. The Balaban J connectivity index is 0.000000160. The van der Waals surface area contributed by atoms with E-state index < -0.39 is 0 Å². The maximum Gasteiger partial charge on any atom is 0.302 e. The SMILES string of the molecule is CC1=CC2CC1C1C3CCC(C3)C21.CCOC(C)=O. The lowest BCUT2D eigenvalue weighted by Gasteiger charge is -2.33. The number of hydrogen-bond donors (Lipinski definition) is 0. The Morgan fingerprint density at radius 1 is 1.26 bits per heavy atom. The van der Waals surface area contributed by atoms with Crippen LogP contribution in [0.3, 0.4) is 0 Å². The highest BCUT2D eigenvalue weighted by Crippen LogP contribution is 2.66. The second-order valence-corrected chi connectivity index (χ2v) is 6.83. The molecule has 4 aliphatic rings. The van der Waals surface area contributed by atoms with Crippen LogP contribution in [0.4, 0.5) is 0 Å². The Hall–Kier alpha value is -0.790. The van der Waals surface area contributed by atoms with E-state index in [0.29, 0.717) is 6.61 Å². The van der Waals surface area contributed by atoms with Crippen molar-refractivity contribution in [1.82, 2.24) is 0 Å².